The minimum absolute atomic E-state index is 0.335. The molecule has 1 aliphatic heterocycles. The van der Waals surface area contributed by atoms with Crippen LogP contribution >= 0.6 is 11.3 Å². The number of aromatic nitrogens is 2. The number of thiazole rings is 1. The van der Waals surface area contributed by atoms with Crippen LogP contribution in [0.1, 0.15) is 16.7 Å². The molecule has 27 heavy (non-hydrogen) atoms. The van der Waals surface area contributed by atoms with E-state index in [4.69, 9.17) is 4.42 Å². The quantitative estimate of drug-likeness (QED) is 0.586. The van der Waals surface area contributed by atoms with Gasteiger partial charge in [-0.05, 0) is 34.9 Å². The van der Waals surface area contributed by atoms with Gasteiger partial charge in [-0.15, -0.1) is 11.3 Å². The van der Waals surface area contributed by atoms with Gasteiger partial charge in [0.2, 0.25) is 0 Å². The number of oxazole rings is 1. The van der Waals surface area contributed by atoms with E-state index in [2.05, 4.69) is 33.4 Å². The number of nitrogens with zero attached hydrogens (tertiary/aromatic N) is 3. The molecule has 4 aromatic rings. The Kier molecular flexibility index (Phi) is 3.75. The number of hydrogen-bond acceptors (Lipinski definition) is 6. The zero-order chi connectivity index (χ0) is 18.4. The van der Waals surface area contributed by atoms with E-state index >= 15 is 0 Å². The third-order valence-electron chi connectivity index (χ3n) is 5.01. The number of aryl methyl sites for hydroxylation is 1. The number of nitrogens with one attached hydrogen (secondary N) is 1. The standard InChI is InChI=1S/C20H18N4O2S/c1-23-17-9-13(5-6-18(17)26-20(23)25)10-22-16-4-2-3-14-11-24(12-15(14)16)19-21-7-8-27-19/h2-9,22H,10-12H2,1H3. The molecule has 0 radical (unpaired) electrons. The van der Waals surface area contributed by atoms with Gasteiger partial charge in [-0.2, -0.15) is 0 Å². The Morgan fingerprint density at radius 2 is 2.19 bits per heavy atom. The van der Waals surface area contributed by atoms with Gasteiger partial charge in [-0.25, -0.2) is 9.78 Å². The Labute approximate surface area is 159 Å². The van der Waals surface area contributed by atoms with Crippen LogP contribution in [0.5, 0.6) is 0 Å². The Bertz CT molecular complexity index is 1180. The van der Waals surface area contributed by atoms with E-state index in [1.165, 1.54) is 15.7 Å². The topological polar surface area (TPSA) is 63.3 Å². The summed E-state index contributed by atoms with van der Waals surface area (Å²) in [5, 5.41) is 6.63. The van der Waals surface area contributed by atoms with Crippen molar-refractivity contribution in [3.63, 3.8) is 0 Å². The van der Waals surface area contributed by atoms with Gasteiger partial charge >= 0.3 is 5.76 Å². The molecular weight excluding hydrogens is 360 g/mol. The zero-order valence-corrected chi connectivity index (χ0v) is 15.6. The summed E-state index contributed by atoms with van der Waals surface area (Å²) in [5.41, 5.74) is 6.34. The highest BCUT2D eigenvalue weighted by molar-refractivity contribution is 7.13. The molecule has 6 nitrogen and oxygen atoms in total. The van der Waals surface area contributed by atoms with Crippen molar-refractivity contribution in [1.29, 1.82) is 0 Å². The first kappa shape index (κ1) is 16.1. The molecule has 2 aromatic carbocycles. The van der Waals surface area contributed by atoms with Crippen molar-refractivity contribution in [1.82, 2.24) is 9.55 Å². The molecule has 0 atom stereocenters. The van der Waals surface area contributed by atoms with Crippen molar-refractivity contribution in [3.8, 4) is 0 Å². The fraction of sp³-hybridized carbons (Fsp3) is 0.200. The van der Waals surface area contributed by atoms with Crippen LogP contribution in [-0.4, -0.2) is 9.55 Å². The van der Waals surface area contributed by atoms with Crippen molar-refractivity contribution in [2.24, 2.45) is 7.05 Å². The lowest BCUT2D eigenvalue weighted by Crippen LogP contribution is -2.14. The summed E-state index contributed by atoms with van der Waals surface area (Å²) in [7, 11) is 1.72. The van der Waals surface area contributed by atoms with Crippen LogP contribution in [0.25, 0.3) is 11.1 Å². The number of benzene rings is 2. The van der Waals surface area contributed by atoms with E-state index < -0.39 is 0 Å². The predicted molar refractivity (Wildman–Crippen MR) is 107 cm³/mol. The van der Waals surface area contributed by atoms with Crippen molar-refractivity contribution in [2.75, 3.05) is 10.2 Å². The molecule has 0 aliphatic carbocycles. The first-order chi connectivity index (χ1) is 13.2. The Morgan fingerprint density at radius 3 is 3.04 bits per heavy atom. The molecule has 0 saturated heterocycles. The van der Waals surface area contributed by atoms with Gasteiger partial charge in [-0.1, -0.05) is 18.2 Å². The SMILES string of the molecule is Cn1c(=O)oc2ccc(CNc3cccc4c3CN(c3nccs3)C4)cc21. The van der Waals surface area contributed by atoms with E-state index in [0.29, 0.717) is 12.1 Å². The lowest BCUT2D eigenvalue weighted by molar-refractivity contribution is 0.528. The Morgan fingerprint density at radius 1 is 1.26 bits per heavy atom. The van der Waals surface area contributed by atoms with Gasteiger partial charge < -0.3 is 14.6 Å². The highest BCUT2D eigenvalue weighted by Crippen LogP contribution is 2.33. The van der Waals surface area contributed by atoms with Crippen LogP contribution in [0.3, 0.4) is 0 Å². The maximum absolute atomic E-state index is 11.7. The van der Waals surface area contributed by atoms with Crippen molar-refractivity contribution in [3.05, 3.63) is 75.2 Å². The fourth-order valence-corrected chi connectivity index (χ4v) is 4.22. The molecule has 0 fully saturated rings. The minimum atomic E-state index is -0.335. The summed E-state index contributed by atoms with van der Waals surface area (Å²) in [5.74, 6) is -0.335. The minimum Gasteiger partial charge on any atom is -0.408 e. The van der Waals surface area contributed by atoms with Gasteiger partial charge in [0, 0.05) is 43.9 Å². The molecule has 2 aromatic heterocycles. The predicted octanol–water partition coefficient (Wildman–Crippen LogP) is 3.72. The summed E-state index contributed by atoms with van der Waals surface area (Å²) in [4.78, 5) is 18.4. The molecule has 5 rings (SSSR count). The highest BCUT2D eigenvalue weighted by Gasteiger charge is 2.23. The summed E-state index contributed by atoms with van der Waals surface area (Å²) < 4.78 is 6.73. The lowest BCUT2D eigenvalue weighted by atomic mass is 10.1. The molecule has 0 saturated carbocycles. The third kappa shape index (κ3) is 2.80. The first-order valence-corrected chi connectivity index (χ1v) is 9.64. The molecule has 1 aliphatic rings. The molecule has 1 N–H and O–H groups in total. The smallest absolute Gasteiger partial charge is 0.408 e. The van der Waals surface area contributed by atoms with E-state index in [-0.39, 0.29) is 5.76 Å². The molecule has 7 heteroatoms. The van der Waals surface area contributed by atoms with Crippen LogP contribution in [0.15, 0.2) is 57.2 Å². The third-order valence-corrected chi connectivity index (χ3v) is 5.84. The van der Waals surface area contributed by atoms with Gasteiger partial charge in [0.05, 0.1) is 5.52 Å². The van der Waals surface area contributed by atoms with E-state index in [9.17, 15) is 4.79 Å². The maximum atomic E-state index is 11.7. The van der Waals surface area contributed by atoms with Gasteiger partial charge in [0.25, 0.3) is 0 Å². The zero-order valence-electron chi connectivity index (χ0n) is 14.8. The van der Waals surface area contributed by atoms with Gasteiger partial charge in [-0.3, -0.25) is 4.57 Å². The largest absolute Gasteiger partial charge is 0.419 e. The monoisotopic (exact) mass is 378 g/mol. The van der Waals surface area contributed by atoms with Crippen molar-refractivity contribution in [2.45, 2.75) is 19.6 Å². The van der Waals surface area contributed by atoms with Crippen LogP contribution in [0.4, 0.5) is 10.8 Å². The number of rotatable bonds is 4. The van der Waals surface area contributed by atoms with Crippen LogP contribution in [0, 0.1) is 0 Å². The molecule has 0 bridgehead atoms. The number of hydrogen-bond donors (Lipinski definition) is 1. The van der Waals surface area contributed by atoms with Crippen LogP contribution < -0.4 is 16.0 Å². The van der Waals surface area contributed by atoms with E-state index in [1.807, 2.05) is 29.8 Å². The average molecular weight is 378 g/mol. The first-order valence-electron chi connectivity index (χ1n) is 8.76. The second-order valence-electron chi connectivity index (χ2n) is 6.70. The summed E-state index contributed by atoms with van der Waals surface area (Å²) in [6, 6.07) is 12.2. The van der Waals surface area contributed by atoms with Crippen LogP contribution in [0.2, 0.25) is 0 Å². The Balaban J connectivity index is 1.38. The number of anilines is 2. The Hall–Kier alpha value is -3.06. The molecule has 136 valence electrons. The highest BCUT2D eigenvalue weighted by atomic mass is 32.1. The van der Waals surface area contributed by atoms with E-state index in [1.54, 1.807) is 18.4 Å². The van der Waals surface area contributed by atoms with Gasteiger partial charge in [0.1, 0.15) is 0 Å². The maximum Gasteiger partial charge on any atom is 0.419 e. The normalized spacial score (nSPS) is 13.3. The summed E-state index contributed by atoms with van der Waals surface area (Å²) >= 11 is 1.67. The fourth-order valence-electron chi connectivity index (χ4n) is 3.57. The second-order valence-corrected chi connectivity index (χ2v) is 7.57. The molecule has 0 spiro atoms. The molecule has 0 unspecified atom stereocenters. The lowest BCUT2D eigenvalue weighted by Gasteiger charge is -2.14. The number of fused-ring (bicyclic) bond motifs is 2. The molecule has 0 amide bonds. The summed E-state index contributed by atoms with van der Waals surface area (Å²) in [6.07, 6.45) is 1.85. The molecule has 3 heterocycles. The average Bonchev–Trinajstić information content (AvgIpc) is 3.40. The second kappa shape index (κ2) is 6.28. The molecular formula is C20H18N4O2S. The van der Waals surface area contributed by atoms with Crippen molar-refractivity contribution < 1.29 is 4.42 Å². The summed E-state index contributed by atoms with van der Waals surface area (Å²) in [6.45, 7) is 2.44. The van der Waals surface area contributed by atoms with Crippen LogP contribution in [-0.2, 0) is 26.7 Å². The van der Waals surface area contributed by atoms with E-state index in [0.717, 1.165) is 35.0 Å². The van der Waals surface area contributed by atoms with Crippen molar-refractivity contribution >= 4 is 33.3 Å². The van der Waals surface area contributed by atoms with Gasteiger partial charge in [0.15, 0.2) is 10.7 Å².